The lowest BCUT2D eigenvalue weighted by molar-refractivity contribution is -0.148. The van der Waals surface area contributed by atoms with E-state index in [2.05, 4.69) is 54.5 Å². The molecule has 8 N–H and O–H groups in total. The number of hydrogen-bond acceptors (Lipinski definition) is 17. The molecule has 1 heterocycles. The fraction of sp³-hybridized carbons (Fsp3) is 0.786. The second kappa shape index (κ2) is 27.2. The molecule has 272 valence electrons. The Balaban J connectivity index is -0.000000252. The summed E-state index contributed by atoms with van der Waals surface area (Å²) in [4.78, 5) is 40.8. The highest BCUT2D eigenvalue weighted by atomic mass is 35.5. The van der Waals surface area contributed by atoms with Crippen LogP contribution in [-0.2, 0) is 38.1 Å². The molecule has 0 aromatic heterocycles. The molecule has 1 aliphatic rings. The van der Waals surface area contributed by atoms with Crippen molar-refractivity contribution in [2.75, 3.05) is 46.1 Å². The number of carbonyl (C=O) groups is 4. The number of hydrazone groups is 2. The van der Waals surface area contributed by atoms with E-state index in [-0.39, 0.29) is 43.4 Å². The number of halogens is 1. The van der Waals surface area contributed by atoms with Gasteiger partial charge < -0.3 is 45.1 Å². The fourth-order valence-electron chi connectivity index (χ4n) is 1.63. The summed E-state index contributed by atoms with van der Waals surface area (Å²) < 4.78 is 18.2. The molecule has 18 heteroatoms. The predicted octanol–water partition coefficient (Wildman–Crippen LogP) is 0.122. The number of nitrogens with two attached hydrogens (primary N) is 1. The maximum atomic E-state index is 10.9. The smallest absolute Gasteiger partial charge is 0.371 e. The van der Waals surface area contributed by atoms with E-state index in [0.717, 1.165) is 12.8 Å². The van der Waals surface area contributed by atoms with E-state index in [0.29, 0.717) is 13.2 Å². The lowest BCUT2D eigenvalue weighted by Crippen LogP contribution is -2.38. The summed E-state index contributed by atoms with van der Waals surface area (Å²) >= 11 is 5.47. The van der Waals surface area contributed by atoms with E-state index in [1.54, 1.807) is 62.3 Å². The summed E-state index contributed by atoms with van der Waals surface area (Å²) in [7, 11) is 0. The number of aldehydes is 1. The largest absolute Gasteiger partial charge is 0.462 e. The first-order chi connectivity index (χ1) is 20.9. The molecule has 0 saturated carbocycles. The Labute approximate surface area is 277 Å². The fourth-order valence-corrected chi connectivity index (χ4v) is 1.74. The van der Waals surface area contributed by atoms with E-state index < -0.39 is 34.7 Å². The quantitative estimate of drug-likeness (QED) is 0.0187. The zero-order valence-corrected chi connectivity index (χ0v) is 29.8. The van der Waals surface area contributed by atoms with Crippen LogP contribution in [0.2, 0.25) is 0 Å². The zero-order valence-electron chi connectivity index (χ0n) is 29.1. The van der Waals surface area contributed by atoms with Crippen molar-refractivity contribution < 1.29 is 53.4 Å². The van der Waals surface area contributed by atoms with Gasteiger partial charge in [0.15, 0.2) is 0 Å². The Kier molecular flexibility index (Phi) is 29.5. The van der Waals surface area contributed by atoms with Gasteiger partial charge in [0.05, 0.1) is 61.9 Å². The molecule has 0 bridgehead atoms. The third kappa shape index (κ3) is 50.7. The number of nitrogens with zero attached hydrogens (tertiary/aromatic N) is 2. The third-order valence-corrected chi connectivity index (χ3v) is 4.07. The highest BCUT2D eigenvalue weighted by Crippen LogP contribution is 2.23. The van der Waals surface area contributed by atoms with Gasteiger partial charge in [0.1, 0.15) is 6.21 Å². The first-order valence-corrected chi connectivity index (χ1v) is 14.7. The van der Waals surface area contributed by atoms with E-state index in [4.69, 9.17) is 27.3 Å². The number of rotatable bonds is 14. The SMILES string of the molecule is CC(C)(O)CNN.CC1(C)CO1.CCOC(=O)/C(Cl)=N/NCC(C)(C)O.CCOC(=O)/C=N/NCC(C)(C)O.CCOC(=O)C=O. The third-order valence-electron chi connectivity index (χ3n) is 3.83. The predicted molar refractivity (Wildman–Crippen MR) is 175 cm³/mol. The molecule has 17 nitrogen and oxygen atoms in total. The molecule has 0 aliphatic carbocycles. The van der Waals surface area contributed by atoms with Crippen LogP contribution in [0.1, 0.15) is 76.2 Å². The molecule has 46 heavy (non-hydrogen) atoms. The number of hydrogen-bond donors (Lipinski definition) is 7. The maximum absolute atomic E-state index is 10.9. The lowest BCUT2D eigenvalue weighted by atomic mass is 10.1. The van der Waals surface area contributed by atoms with E-state index in [9.17, 15) is 29.4 Å². The van der Waals surface area contributed by atoms with Crippen molar-refractivity contribution in [1.82, 2.24) is 16.3 Å². The molecule has 1 saturated heterocycles. The number of epoxide rings is 1. The molecule has 0 unspecified atom stereocenters. The Bertz CT molecular complexity index is 892. The van der Waals surface area contributed by atoms with Gasteiger partial charge >= 0.3 is 17.9 Å². The average molecular weight is 689 g/mol. The molecular weight excluding hydrogens is 632 g/mol. The Hall–Kier alpha value is -2.93. The van der Waals surface area contributed by atoms with Crippen molar-refractivity contribution in [1.29, 1.82) is 0 Å². The van der Waals surface area contributed by atoms with Crippen LogP contribution in [0.25, 0.3) is 0 Å². The van der Waals surface area contributed by atoms with Crippen LogP contribution in [0.15, 0.2) is 10.2 Å². The highest BCUT2D eigenvalue weighted by molar-refractivity contribution is 6.81. The van der Waals surface area contributed by atoms with Crippen LogP contribution >= 0.6 is 11.6 Å². The first-order valence-electron chi connectivity index (χ1n) is 14.3. The van der Waals surface area contributed by atoms with Gasteiger partial charge in [0.2, 0.25) is 11.5 Å². The molecule has 0 aromatic carbocycles. The number of hydrazine groups is 1. The van der Waals surface area contributed by atoms with Crippen LogP contribution in [0.5, 0.6) is 0 Å². The van der Waals surface area contributed by atoms with Gasteiger partial charge in [-0.15, -0.1) is 0 Å². The van der Waals surface area contributed by atoms with Gasteiger partial charge in [0, 0.05) is 6.54 Å². The highest BCUT2D eigenvalue weighted by Gasteiger charge is 2.32. The molecule has 1 aliphatic heterocycles. The van der Waals surface area contributed by atoms with Crippen LogP contribution in [-0.4, -0.2) is 119 Å². The van der Waals surface area contributed by atoms with Crippen LogP contribution in [0.4, 0.5) is 0 Å². The normalized spacial score (nSPS) is 13.3. The minimum Gasteiger partial charge on any atom is -0.462 e. The first kappa shape index (κ1) is 49.9. The zero-order chi connectivity index (χ0) is 37.0. The molecule has 1 fully saturated rings. The molecule has 1 rings (SSSR count). The summed E-state index contributed by atoms with van der Waals surface area (Å²) in [5.41, 5.74) is 5.18. The van der Waals surface area contributed by atoms with Crippen molar-refractivity contribution in [2.45, 2.75) is 98.6 Å². The van der Waals surface area contributed by atoms with Gasteiger partial charge in [-0.3, -0.25) is 16.1 Å². The Morgan fingerprint density at radius 1 is 0.848 bits per heavy atom. The molecule has 0 spiro atoms. The molecule has 0 atom stereocenters. The number of carbonyl (C=O) groups excluding carboxylic acids is 4. The average Bonchev–Trinajstić information content (AvgIpc) is 3.60. The summed E-state index contributed by atoms with van der Waals surface area (Å²) in [5, 5.41) is 34.2. The van der Waals surface area contributed by atoms with Gasteiger partial charge in [-0.1, -0.05) is 11.6 Å². The van der Waals surface area contributed by atoms with Crippen molar-refractivity contribution in [3.8, 4) is 0 Å². The molecule has 0 radical (unpaired) electrons. The van der Waals surface area contributed by atoms with Crippen LogP contribution < -0.4 is 22.1 Å². The Morgan fingerprint density at radius 3 is 1.52 bits per heavy atom. The van der Waals surface area contributed by atoms with Crippen molar-refractivity contribution in [3.63, 3.8) is 0 Å². The minimum atomic E-state index is -0.907. The number of esters is 3. The lowest BCUT2D eigenvalue weighted by Gasteiger charge is -2.15. The second-order valence-electron chi connectivity index (χ2n) is 11.5. The number of aliphatic hydroxyl groups is 3. The van der Waals surface area contributed by atoms with E-state index in [1.807, 2.05) is 0 Å². The summed E-state index contributed by atoms with van der Waals surface area (Å²) in [6.45, 7) is 21.7. The second-order valence-corrected chi connectivity index (χ2v) is 11.9. The minimum absolute atomic E-state index is 0.142. The Morgan fingerprint density at radius 2 is 1.24 bits per heavy atom. The van der Waals surface area contributed by atoms with E-state index >= 15 is 0 Å². The monoisotopic (exact) mass is 688 g/mol. The maximum Gasteiger partial charge on any atom is 0.371 e. The van der Waals surface area contributed by atoms with Crippen molar-refractivity contribution in [2.24, 2.45) is 16.0 Å². The standard InChI is InChI=1S/C8H15ClN2O3.C8H16N2O3.C4H12N2O.C4H6O3.C4H8O/c1-4-14-7(12)6(9)11-10-5-8(2,3)13;1-4-13-7(11)5-9-10-6-8(2,3)12;1-4(2,7)3-6-5;1-2-7-4(6)3-5;1-4(2)3-5-4/h10,13H,4-5H2,1-3H3;5,10,12H,4,6H2,1-3H3;6-7H,3,5H2,1-2H3;3H,2H2,1H3;3H2,1-2H3/b11-6-;9-5+;;;. The van der Waals surface area contributed by atoms with Gasteiger partial charge in [-0.25, -0.2) is 14.4 Å². The molecular formula is C28H57ClN6O11. The number of nitrogens with one attached hydrogen (secondary N) is 3. The van der Waals surface area contributed by atoms with Gasteiger partial charge in [-0.05, 0) is 76.2 Å². The van der Waals surface area contributed by atoms with Crippen LogP contribution in [0.3, 0.4) is 0 Å². The summed E-state index contributed by atoms with van der Waals surface area (Å²) in [6, 6.07) is 0. The van der Waals surface area contributed by atoms with Crippen molar-refractivity contribution in [3.05, 3.63) is 0 Å². The van der Waals surface area contributed by atoms with Crippen LogP contribution in [0, 0.1) is 0 Å². The molecule has 0 aromatic rings. The van der Waals surface area contributed by atoms with Crippen molar-refractivity contribution >= 4 is 47.2 Å². The van der Waals surface area contributed by atoms with Gasteiger partial charge in [0.25, 0.3) is 0 Å². The number of ether oxygens (including phenoxy) is 4. The molecule has 0 amide bonds. The topological polar surface area (TPSA) is 256 Å². The van der Waals surface area contributed by atoms with E-state index in [1.165, 1.54) is 0 Å². The summed E-state index contributed by atoms with van der Waals surface area (Å²) in [5.74, 6) is 2.92. The summed E-state index contributed by atoms with van der Waals surface area (Å²) in [6.07, 6.45) is 1.18. The van der Waals surface area contributed by atoms with Gasteiger partial charge in [-0.2, -0.15) is 10.2 Å².